The number of amides is 1. The molecule has 124 valence electrons. The van der Waals surface area contributed by atoms with Gasteiger partial charge in [-0.05, 0) is 23.8 Å². The number of carbonyl (C=O) groups is 1. The maximum Gasteiger partial charge on any atom is 0.279 e. The topological polar surface area (TPSA) is 106 Å². The summed E-state index contributed by atoms with van der Waals surface area (Å²) in [6.07, 6.45) is 2.65. The Balaban J connectivity index is 2.25. The number of hydrogen-bond donors (Lipinski definition) is 1. The maximum absolute atomic E-state index is 12.1. The van der Waals surface area contributed by atoms with Crippen LogP contribution in [-0.2, 0) is 9.53 Å². The Bertz CT molecular complexity index is 836. The Hall–Kier alpha value is -3.00. The fourth-order valence-corrected chi connectivity index (χ4v) is 2.93. The van der Waals surface area contributed by atoms with Crippen LogP contribution in [0.3, 0.4) is 0 Å². The highest BCUT2D eigenvalue weighted by atomic mass is 16.6. The van der Waals surface area contributed by atoms with Crippen LogP contribution in [0, 0.1) is 10.1 Å². The summed E-state index contributed by atoms with van der Waals surface area (Å²) in [4.78, 5) is 28.6. The van der Waals surface area contributed by atoms with E-state index in [0.717, 1.165) is 0 Å². The molecule has 1 amide bonds. The van der Waals surface area contributed by atoms with Crippen molar-refractivity contribution in [3.8, 4) is 5.75 Å². The van der Waals surface area contributed by atoms with Gasteiger partial charge in [-0.1, -0.05) is 6.58 Å². The minimum absolute atomic E-state index is 0.123. The summed E-state index contributed by atoms with van der Waals surface area (Å²) in [7, 11) is 0. The number of carbonyl (C=O) groups excluding carboxylic acids is 1. The first-order valence-corrected chi connectivity index (χ1v) is 7.30. The number of rotatable bonds is 3. The molecule has 8 heteroatoms. The summed E-state index contributed by atoms with van der Waals surface area (Å²) in [5.74, 6) is -0.438. The molecule has 24 heavy (non-hydrogen) atoms. The van der Waals surface area contributed by atoms with Crippen LogP contribution in [0.25, 0.3) is 10.9 Å². The Kier molecular flexibility index (Phi) is 4.13. The molecule has 1 unspecified atom stereocenters. The van der Waals surface area contributed by atoms with Crippen LogP contribution >= 0.6 is 0 Å². The minimum atomic E-state index is -0.531. The quantitative estimate of drug-likeness (QED) is 0.524. The molecule has 1 N–H and O–H groups in total. The monoisotopic (exact) mass is 329 g/mol. The van der Waals surface area contributed by atoms with Gasteiger partial charge >= 0.3 is 0 Å². The molecule has 0 spiro atoms. The molecule has 1 aromatic heterocycles. The van der Waals surface area contributed by atoms with Crippen molar-refractivity contribution >= 4 is 22.5 Å². The zero-order valence-corrected chi connectivity index (χ0v) is 12.7. The minimum Gasteiger partial charge on any atom is -0.506 e. The first kappa shape index (κ1) is 15.9. The molecule has 8 nitrogen and oxygen atoms in total. The Morgan fingerprint density at radius 3 is 3.00 bits per heavy atom. The number of morpholine rings is 1. The van der Waals surface area contributed by atoms with Gasteiger partial charge in [0.15, 0.2) is 0 Å². The van der Waals surface area contributed by atoms with E-state index >= 15 is 0 Å². The van der Waals surface area contributed by atoms with Gasteiger partial charge in [0.05, 0.1) is 29.6 Å². The number of aromatic nitrogens is 1. The second-order valence-electron chi connectivity index (χ2n) is 5.31. The average Bonchev–Trinajstić information content (AvgIpc) is 2.61. The van der Waals surface area contributed by atoms with Gasteiger partial charge in [-0.2, -0.15) is 0 Å². The number of nitrogens with zero attached hydrogens (tertiary/aromatic N) is 3. The Morgan fingerprint density at radius 1 is 1.50 bits per heavy atom. The van der Waals surface area contributed by atoms with E-state index in [-0.39, 0.29) is 34.9 Å². The number of fused-ring (bicyclic) bond motifs is 1. The van der Waals surface area contributed by atoms with Crippen molar-refractivity contribution in [1.82, 2.24) is 9.88 Å². The molecule has 1 aliphatic heterocycles. The number of benzene rings is 1. The van der Waals surface area contributed by atoms with E-state index in [9.17, 15) is 20.0 Å². The molecule has 0 radical (unpaired) electrons. The van der Waals surface area contributed by atoms with E-state index in [2.05, 4.69) is 11.6 Å². The first-order chi connectivity index (χ1) is 11.5. The summed E-state index contributed by atoms with van der Waals surface area (Å²) in [5.41, 5.74) is 0.457. The predicted octanol–water partition coefficient (Wildman–Crippen LogP) is 1.93. The summed E-state index contributed by atoms with van der Waals surface area (Å²) in [5, 5.41) is 21.6. The van der Waals surface area contributed by atoms with Gasteiger partial charge in [0.25, 0.3) is 5.69 Å². The zero-order valence-electron chi connectivity index (χ0n) is 12.7. The average molecular weight is 329 g/mol. The summed E-state index contributed by atoms with van der Waals surface area (Å²) >= 11 is 0. The van der Waals surface area contributed by atoms with Gasteiger partial charge < -0.3 is 14.7 Å². The SMILES string of the molecule is C=CC(=O)N1CCOCC1c1ccnc2c(O)ccc([N+](=O)[O-])c12. The number of phenolic OH excluding ortho intramolecular Hbond substituents is 1. The van der Waals surface area contributed by atoms with Crippen molar-refractivity contribution in [1.29, 1.82) is 0 Å². The molecule has 3 rings (SSSR count). The fourth-order valence-electron chi connectivity index (χ4n) is 2.93. The standard InChI is InChI=1S/C16H15N3O5/c1-2-14(21)18-7-8-24-9-12(18)10-5-6-17-16-13(20)4-3-11(15(10)16)19(22)23/h2-6,12,20H,1,7-9H2. The van der Waals surface area contributed by atoms with Crippen LogP contribution in [0.5, 0.6) is 5.75 Å². The molecule has 1 aromatic carbocycles. The second-order valence-corrected chi connectivity index (χ2v) is 5.31. The van der Waals surface area contributed by atoms with Crippen LogP contribution in [0.15, 0.2) is 37.1 Å². The van der Waals surface area contributed by atoms with E-state index in [1.54, 1.807) is 11.0 Å². The summed E-state index contributed by atoms with van der Waals surface area (Å²) < 4.78 is 5.46. The summed E-state index contributed by atoms with van der Waals surface area (Å²) in [6.45, 7) is 4.43. The predicted molar refractivity (Wildman–Crippen MR) is 85.5 cm³/mol. The van der Waals surface area contributed by atoms with Crippen LogP contribution < -0.4 is 0 Å². The molecular formula is C16H15N3O5. The third-order valence-electron chi connectivity index (χ3n) is 4.02. The number of nitro groups is 1. The van der Waals surface area contributed by atoms with Crippen LogP contribution in [0.2, 0.25) is 0 Å². The number of phenols is 1. The van der Waals surface area contributed by atoms with Crippen molar-refractivity contribution in [2.45, 2.75) is 6.04 Å². The van der Waals surface area contributed by atoms with E-state index in [4.69, 9.17) is 4.74 Å². The molecule has 1 aliphatic rings. The molecule has 2 heterocycles. The first-order valence-electron chi connectivity index (χ1n) is 7.30. The lowest BCUT2D eigenvalue weighted by molar-refractivity contribution is -0.383. The zero-order chi connectivity index (χ0) is 17.3. The third kappa shape index (κ3) is 2.56. The third-order valence-corrected chi connectivity index (χ3v) is 4.02. The number of pyridine rings is 1. The molecular weight excluding hydrogens is 314 g/mol. The van der Waals surface area contributed by atoms with Gasteiger partial charge in [-0.25, -0.2) is 0 Å². The fraction of sp³-hybridized carbons (Fsp3) is 0.250. The molecule has 1 atom stereocenters. The largest absolute Gasteiger partial charge is 0.506 e. The van der Waals surface area contributed by atoms with Gasteiger partial charge in [0.2, 0.25) is 5.91 Å². The van der Waals surface area contributed by atoms with Crippen molar-refractivity contribution in [3.63, 3.8) is 0 Å². The van der Waals surface area contributed by atoms with E-state index < -0.39 is 11.0 Å². The Morgan fingerprint density at radius 2 is 2.29 bits per heavy atom. The number of non-ortho nitro benzene ring substituents is 1. The highest BCUT2D eigenvalue weighted by Gasteiger charge is 2.31. The number of nitro benzene ring substituents is 1. The lowest BCUT2D eigenvalue weighted by Gasteiger charge is -2.35. The van der Waals surface area contributed by atoms with Crippen LogP contribution in [-0.4, -0.2) is 45.6 Å². The molecule has 0 bridgehead atoms. The molecule has 0 saturated carbocycles. The lowest BCUT2D eigenvalue weighted by Crippen LogP contribution is -2.42. The highest BCUT2D eigenvalue weighted by Crippen LogP contribution is 2.38. The number of aromatic hydroxyl groups is 1. The smallest absolute Gasteiger partial charge is 0.279 e. The van der Waals surface area contributed by atoms with Gasteiger partial charge in [-0.15, -0.1) is 0 Å². The normalized spacial score (nSPS) is 17.7. The van der Waals surface area contributed by atoms with Gasteiger partial charge in [0, 0.05) is 18.8 Å². The van der Waals surface area contributed by atoms with Crippen molar-refractivity contribution < 1.29 is 19.6 Å². The van der Waals surface area contributed by atoms with Crippen molar-refractivity contribution in [3.05, 3.63) is 52.7 Å². The van der Waals surface area contributed by atoms with E-state index in [0.29, 0.717) is 18.7 Å². The van der Waals surface area contributed by atoms with Crippen molar-refractivity contribution in [2.75, 3.05) is 19.8 Å². The molecule has 1 fully saturated rings. The van der Waals surface area contributed by atoms with Crippen LogP contribution in [0.1, 0.15) is 11.6 Å². The number of ether oxygens (including phenoxy) is 1. The Labute approximate surface area is 137 Å². The lowest BCUT2D eigenvalue weighted by atomic mass is 9.98. The molecule has 1 saturated heterocycles. The highest BCUT2D eigenvalue weighted by molar-refractivity contribution is 5.96. The maximum atomic E-state index is 12.1. The number of hydrogen-bond acceptors (Lipinski definition) is 6. The molecule has 0 aliphatic carbocycles. The summed E-state index contributed by atoms with van der Waals surface area (Å²) in [6, 6.07) is 3.56. The van der Waals surface area contributed by atoms with E-state index in [1.165, 1.54) is 24.4 Å². The van der Waals surface area contributed by atoms with Gasteiger partial charge in [0.1, 0.15) is 11.3 Å². The second kappa shape index (κ2) is 6.25. The van der Waals surface area contributed by atoms with Gasteiger partial charge in [-0.3, -0.25) is 19.9 Å². The van der Waals surface area contributed by atoms with E-state index in [1.807, 2.05) is 0 Å². The van der Waals surface area contributed by atoms with Crippen molar-refractivity contribution in [2.24, 2.45) is 0 Å². The van der Waals surface area contributed by atoms with Crippen LogP contribution in [0.4, 0.5) is 5.69 Å². The molecule has 2 aromatic rings.